The summed E-state index contributed by atoms with van der Waals surface area (Å²) in [5, 5.41) is 4.33. The molecular weight excluding hydrogens is 268 g/mol. The van der Waals surface area contributed by atoms with Gasteiger partial charge in [0.2, 0.25) is 0 Å². The Morgan fingerprint density at radius 1 is 1.56 bits per heavy atom. The molecular formula is C11H21BrN4. The molecule has 1 aromatic heterocycles. The number of aromatic nitrogens is 2. The van der Waals surface area contributed by atoms with E-state index in [0.717, 1.165) is 36.1 Å². The molecule has 0 aliphatic carbocycles. The van der Waals surface area contributed by atoms with Gasteiger partial charge in [-0.3, -0.25) is 4.68 Å². The van der Waals surface area contributed by atoms with Crippen LogP contribution in [0.4, 0.5) is 0 Å². The van der Waals surface area contributed by atoms with Gasteiger partial charge in [-0.1, -0.05) is 6.92 Å². The summed E-state index contributed by atoms with van der Waals surface area (Å²) in [5.74, 6) is 0. The minimum absolute atomic E-state index is 0.0471. The zero-order valence-corrected chi connectivity index (χ0v) is 11.9. The fraction of sp³-hybridized carbons (Fsp3) is 0.727. The monoisotopic (exact) mass is 288 g/mol. The molecule has 16 heavy (non-hydrogen) atoms. The molecule has 0 aromatic carbocycles. The standard InChI is InChI=1S/C11H21BrN4/c1-4-6-16-11(9(12)8-14-16)10(13)5-7-15(2)3/h8,10H,4-7,13H2,1-3H3. The number of hydrogen-bond acceptors (Lipinski definition) is 3. The first-order valence-electron chi connectivity index (χ1n) is 5.67. The topological polar surface area (TPSA) is 47.1 Å². The highest BCUT2D eigenvalue weighted by atomic mass is 79.9. The fourth-order valence-electron chi connectivity index (χ4n) is 1.66. The predicted octanol–water partition coefficient (Wildman–Crippen LogP) is 2.01. The number of rotatable bonds is 6. The van der Waals surface area contributed by atoms with Gasteiger partial charge in [-0.05, 0) is 49.4 Å². The maximum Gasteiger partial charge on any atom is 0.0693 e. The average molecular weight is 289 g/mol. The van der Waals surface area contributed by atoms with Crippen LogP contribution in [0.1, 0.15) is 31.5 Å². The lowest BCUT2D eigenvalue weighted by molar-refractivity contribution is 0.375. The van der Waals surface area contributed by atoms with E-state index in [1.807, 2.05) is 10.9 Å². The quantitative estimate of drug-likeness (QED) is 0.871. The molecule has 5 heteroatoms. The second-order valence-electron chi connectivity index (χ2n) is 4.30. The van der Waals surface area contributed by atoms with Crippen molar-refractivity contribution in [1.82, 2.24) is 14.7 Å². The van der Waals surface area contributed by atoms with Crippen LogP contribution in [0.25, 0.3) is 0 Å². The van der Waals surface area contributed by atoms with Gasteiger partial charge in [0.1, 0.15) is 0 Å². The van der Waals surface area contributed by atoms with Gasteiger partial charge in [0.25, 0.3) is 0 Å². The molecule has 0 radical (unpaired) electrons. The third kappa shape index (κ3) is 3.57. The fourth-order valence-corrected chi connectivity index (χ4v) is 2.25. The van der Waals surface area contributed by atoms with Crippen LogP contribution in [0.15, 0.2) is 10.7 Å². The van der Waals surface area contributed by atoms with E-state index in [2.05, 4.69) is 46.9 Å². The number of hydrogen-bond donors (Lipinski definition) is 1. The lowest BCUT2D eigenvalue weighted by Crippen LogP contribution is -2.22. The molecule has 1 unspecified atom stereocenters. The number of halogens is 1. The number of nitrogens with two attached hydrogens (primary N) is 1. The van der Waals surface area contributed by atoms with Gasteiger partial charge >= 0.3 is 0 Å². The number of aryl methyl sites for hydroxylation is 1. The molecule has 1 rings (SSSR count). The Morgan fingerprint density at radius 3 is 2.81 bits per heavy atom. The Kier molecular flexibility index (Phi) is 5.44. The molecule has 0 fully saturated rings. The van der Waals surface area contributed by atoms with Crippen LogP contribution < -0.4 is 5.73 Å². The molecule has 0 bridgehead atoms. The van der Waals surface area contributed by atoms with Crippen molar-refractivity contribution in [3.63, 3.8) is 0 Å². The molecule has 2 N–H and O–H groups in total. The number of nitrogens with zero attached hydrogens (tertiary/aromatic N) is 3. The maximum atomic E-state index is 6.20. The van der Waals surface area contributed by atoms with Gasteiger partial charge in [-0.25, -0.2) is 0 Å². The van der Waals surface area contributed by atoms with E-state index in [1.165, 1.54) is 0 Å². The summed E-state index contributed by atoms with van der Waals surface area (Å²) in [7, 11) is 4.12. The van der Waals surface area contributed by atoms with Crippen molar-refractivity contribution in [2.75, 3.05) is 20.6 Å². The van der Waals surface area contributed by atoms with E-state index >= 15 is 0 Å². The lowest BCUT2D eigenvalue weighted by atomic mass is 10.1. The Balaban J connectivity index is 2.72. The molecule has 1 heterocycles. The van der Waals surface area contributed by atoms with Gasteiger partial charge in [0.15, 0.2) is 0 Å². The zero-order valence-electron chi connectivity index (χ0n) is 10.3. The van der Waals surface area contributed by atoms with Crippen molar-refractivity contribution in [2.45, 2.75) is 32.4 Å². The summed E-state index contributed by atoms with van der Waals surface area (Å²) in [4.78, 5) is 2.15. The molecule has 0 saturated carbocycles. The van der Waals surface area contributed by atoms with E-state index in [1.54, 1.807) is 0 Å². The van der Waals surface area contributed by atoms with Crippen molar-refractivity contribution in [2.24, 2.45) is 5.73 Å². The van der Waals surface area contributed by atoms with E-state index in [-0.39, 0.29) is 6.04 Å². The Labute approximate surface area is 106 Å². The van der Waals surface area contributed by atoms with Crippen LogP contribution in [-0.4, -0.2) is 35.3 Å². The summed E-state index contributed by atoms with van der Waals surface area (Å²) >= 11 is 3.52. The van der Waals surface area contributed by atoms with Gasteiger partial charge in [0.05, 0.1) is 16.4 Å². The van der Waals surface area contributed by atoms with Crippen LogP contribution in [0.3, 0.4) is 0 Å². The normalized spacial score (nSPS) is 13.4. The van der Waals surface area contributed by atoms with Crippen molar-refractivity contribution in [1.29, 1.82) is 0 Å². The Bertz CT molecular complexity index is 322. The third-order valence-electron chi connectivity index (χ3n) is 2.51. The van der Waals surface area contributed by atoms with E-state index in [4.69, 9.17) is 5.73 Å². The molecule has 0 saturated heterocycles. The third-order valence-corrected chi connectivity index (χ3v) is 3.12. The van der Waals surface area contributed by atoms with Crippen LogP contribution in [0, 0.1) is 0 Å². The molecule has 0 spiro atoms. The first-order valence-corrected chi connectivity index (χ1v) is 6.47. The highest BCUT2D eigenvalue weighted by molar-refractivity contribution is 9.10. The van der Waals surface area contributed by atoms with Gasteiger partial charge in [0, 0.05) is 12.6 Å². The summed E-state index contributed by atoms with van der Waals surface area (Å²) in [6, 6.07) is 0.0471. The van der Waals surface area contributed by atoms with Crippen LogP contribution >= 0.6 is 15.9 Å². The molecule has 92 valence electrons. The Morgan fingerprint density at radius 2 is 2.25 bits per heavy atom. The van der Waals surface area contributed by atoms with Crippen molar-refractivity contribution in [3.8, 4) is 0 Å². The van der Waals surface area contributed by atoms with Crippen LogP contribution in [-0.2, 0) is 6.54 Å². The minimum atomic E-state index is 0.0471. The molecule has 0 amide bonds. The van der Waals surface area contributed by atoms with Crippen molar-refractivity contribution < 1.29 is 0 Å². The van der Waals surface area contributed by atoms with Gasteiger partial charge < -0.3 is 10.6 Å². The van der Waals surface area contributed by atoms with Crippen molar-refractivity contribution >= 4 is 15.9 Å². The smallest absolute Gasteiger partial charge is 0.0693 e. The summed E-state index contributed by atoms with van der Waals surface area (Å²) in [6.07, 6.45) is 3.85. The second-order valence-corrected chi connectivity index (χ2v) is 5.15. The minimum Gasteiger partial charge on any atom is -0.323 e. The summed E-state index contributed by atoms with van der Waals surface area (Å²) < 4.78 is 3.02. The highest BCUT2D eigenvalue weighted by Gasteiger charge is 2.16. The van der Waals surface area contributed by atoms with E-state index < -0.39 is 0 Å². The van der Waals surface area contributed by atoms with E-state index in [0.29, 0.717) is 0 Å². The van der Waals surface area contributed by atoms with Crippen LogP contribution in [0.5, 0.6) is 0 Å². The SMILES string of the molecule is CCCn1ncc(Br)c1C(N)CCN(C)C. The first kappa shape index (κ1) is 13.7. The average Bonchev–Trinajstić information content (AvgIpc) is 2.57. The Hall–Kier alpha value is -0.390. The summed E-state index contributed by atoms with van der Waals surface area (Å²) in [5.41, 5.74) is 7.32. The molecule has 0 aliphatic heterocycles. The highest BCUT2D eigenvalue weighted by Crippen LogP contribution is 2.24. The van der Waals surface area contributed by atoms with E-state index in [9.17, 15) is 0 Å². The molecule has 0 aliphatic rings. The van der Waals surface area contributed by atoms with Crippen molar-refractivity contribution in [3.05, 3.63) is 16.4 Å². The predicted molar refractivity (Wildman–Crippen MR) is 70.3 cm³/mol. The van der Waals surface area contributed by atoms with Crippen LogP contribution in [0.2, 0.25) is 0 Å². The summed E-state index contributed by atoms with van der Waals surface area (Å²) in [6.45, 7) is 4.06. The second kappa shape index (κ2) is 6.37. The first-order chi connectivity index (χ1) is 7.56. The van der Waals surface area contributed by atoms with Gasteiger partial charge in [-0.15, -0.1) is 0 Å². The zero-order chi connectivity index (χ0) is 12.1. The maximum absolute atomic E-state index is 6.20. The molecule has 1 aromatic rings. The largest absolute Gasteiger partial charge is 0.323 e. The van der Waals surface area contributed by atoms with Gasteiger partial charge in [-0.2, -0.15) is 5.10 Å². The lowest BCUT2D eigenvalue weighted by Gasteiger charge is -2.17. The molecule has 4 nitrogen and oxygen atoms in total. The molecule has 1 atom stereocenters.